The second-order valence-corrected chi connectivity index (χ2v) is 8.81. The lowest BCUT2D eigenvalue weighted by Gasteiger charge is -2.11. The Bertz CT molecular complexity index is 983. The molecule has 0 fully saturated rings. The number of rotatable bonds is 6. The van der Waals surface area contributed by atoms with Crippen molar-refractivity contribution in [2.24, 2.45) is 0 Å². The van der Waals surface area contributed by atoms with Gasteiger partial charge < -0.3 is 4.57 Å². The molecule has 0 saturated carbocycles. The first-order valence-corrected chi connectivity index (χ1v) is 10.3. The maximum atomic E-state index is 12.3. The number of pyridine rings is 1. The van der Waals surface area contributed by atoms with Crippen LogP contribution in [0.1, 0.15) is 12.7 Å². The van der Waals surface area contributed by atoms with Crippen molar-refractivity contribution in [2.75, 3.05) is 14.1 Å². The first kappa shape index (κ1) is 17.9. The summed E-state index contributed by atoms with van der Waals surface area (Å²) >= 11 is 1.61. The predicted molar refractivity (Wildman–Crippen MR) is 100 cm³/mol. The molecule has 0 spiro atoms. The molecule has 1 aromatic carbocycles. The van der Waals surface area contributed by atoms with Crippen molar-refractivity contribution < 1.29 is 8.42 Å². The highest BCUT2D eigenvalue weighted by Gasteiger charge is 2.19. The molecule has 0 amide bonds. The van der Waals surface area contributed by atoms with E-state index in [0.717, 1.165) is 22.9 Å². The first-order valence-electron chi connectivity index (χ1n) is 7.89. The van der Waals surface area contributed by atoms with Gasteiger partial charge in [-0.25, -0.2) is 22.7 Å². The lowest BCUT2D eigenvalue weighted by Crippen LogP contribution is -2.22. The molecule has 2 heterocycles. The zero-order chi connectivity index (χ0) is 18.0. The standard InChI is InChI=1S/C17H20N4O2S2/c1-4-21-15-9-8-13(25(22,23)20(2)3)11-14(15)19-16(21)12-24-17-7-5-6-10-18-17/h5-11H,4,12H2,1-3H3. The van der Waals surface area contributed by atoms with Crippen molar-refractivity contribution in [3.05, 3.63) is 48.4 Å². The summed E-state index contributed by atoms with van der Waals surface area (Å²) in [5, 5.41) is 0.938. The maximum Gasteiger partial charge on any atom is 0.242 e. The Balaban J connectivity index is 1.97. The number of sulfonamides is 1. The van der Waals surface area contributed by atoms with Gasteiger partial charge in [0.1, 0.15) is 5.82 Å². The van der Waals surface area contributed by atoms with Crippen molar-refractivity contribution in [3.8, 4) is 0 Å². The van der Waals surface area contributed by atoms with E-state index in [1.165, 1.54) is 18.4 Å². The molecule has 25 heavy (non-hydrogen) atoms. The topological polar surface area (TPSA) is 68.1 Å². The molecule has 0 aliphatic rings. The Labute approximate surface area is 151 Å². The van der Waals surface area contributed by atoms with E-state index >= 15 is 0 Å². The van der Waals surface area contributed by atoms with Crippen LogP contribution in [0.4, 0.5) is 0 Å². The molecule has 132 valence electrons. The van der Waals surface area contributed by atoms with Gasteiger partial charge in [-0.2, -0.15) is 0 Å². The summed E-state index contributed by atoms with van der Waals surface area (Å²) in [5.74, 6) is 1.59. The van der Waals surface area contributed by atoms with E-state index in [4.69, 9.17) is 0 Å². The summed E-state index contributed by atoms with van der Waals surface area (Å²) in [6, 6.07) is 10.9. The zero-order valence-corrected chi connectivity index (χ0v) is 16.0. The van der Waals surface area contributed by atoms with Gasteiger partial charge in [0.05, 0.1) is 26.7 Å². The molecule has 2 aromatic heterocycles. The highest BCUT2D eigenvalue weighted by molar-refractivity contribution is 7.98. The Morgan fingerprint density at radius 3 is 2.64 bits per heavy atom. The second-order valence-electron chi connectivity index (χ2n) is 5.67. The fraction of sp³-hybridized carbons (Fsp3) is 0.294. The summed E-state index contributed by atoms with van der Waals surface area (Å²) in [4.78, 5) is 9.23. The number of hydrogen-bond acceptors (Lipinski definition) is 5. The smallest absolute Gasteiger partial charge is 0.242 e. The van der Waals surface area contributed by atoms with Crippen LogP contribution < -0.4 is 0 Å². The quantitative estimate of drug-likeness (QED) is 0.619. The number of benzene rings is 1. The fourth-order valence-electron chi connectivity index (χ4n) is 2.56. The molecule has 0 radical (unpaired) electrons. The molecule has 8 heteroatoms. The number of thioether (sulfide) groups is 1. The van der Waals surface area contributed by atoms with Gasteiger partial charge in [0.15, 0.2) is 0 Å². The van der Waals surface area contributed by atoms with Crippen LogP contribution in [0.15, 0.2) is 52.5 Å². The van der Waals surface area contributed by atoms with Crippen molar-refractivity contribution in [1.29, 1.82) is 0 Å². The third-order valence-corrected chi connectivity index (χ3v) is 6.63. The SMILES string of the molecule is CCn1c(CSc2ccccn2)nc2cc(S(=O)(=O)N(C)C)ccc21. The van der Waals surface area contributed by atoms with Crippen molar-refractivity contribution in [3.63, 3.8) is 0 Å². The van der Waals surface area contributed by atoms with Gasteiger partial charge in [0, 0.05) is 26.8 Å². The third-order valence-electron chi connectivity index (χ3n) is 3.88. The van der Waals surface area contributed by atoms with Gasteiger partial charge >= 0.3 is 0 Å². The molecule has 0 unspecified atom stereocenters. The molecule has 0 saturated heterocycles. The summed E-state index contributed by atoms with van der Waals surface area (Å²) in [7, 11) is -0.411. The summed E-state index contributed by atoms with van der Waals surface area (Å²) in [5.41, 5.74) is 1.64. The van der Waals surface area contributed by atoms with E-state index in [0.29, 0.717) is 11.3 Å². The van der Waals surface area contributed by atoms with Gasteiger partial charge in [-0.05, 0) is 37.3 Å². The summed E-state index contributed by atoms with van der Waals surface area (Å²) < 4.78 is 28.0. The summed E-state index contributed by atoms with van der Waals surface area (Å²) in [6.45, 7) is 2.83. The van der Waals surface area contributed by atoms with Crippen LogP contribution in [0.3, 0.4) is 0 Å². The van der Waals surface area contributed by atoms with E-state index in [-0.39, 0.29) is 4.90 Å². The lowest BCUT2D eigenvalue weighted by molar-refractivity contribution is 0.521. The molecule has 0 aliphatic heterocycles. The number of aryl methyl sites for hydroxylation is 1. The number of hydrogen-bond donors (Lipinski definition) is 0. The molecular formula is C17H20N4O2S2. The number of aromatic nitrogens is 3. The van der Waals surface area contributed by atoms with Crippen LogP contribution in [0, 0.1) is 0 Å². The summed E-state index contributed by atoms with van der Waals surface area (Å²) in [6.07, 6.45) is 1.77. The van der Waals surface area contributed by atoms with Gasteiger partial charge in [-0.15, -0.1) is 0 Å². The largest absolute Gasteiger partial charge is 0.328 e. The van der Waals surface area contributed by atoms with Crippen LogP contribution >= 0.6 is 11.8 Å². The average molecular weight is 377 g/mol. The van der Waals surface area contributed by atoms with Crippen LogP contribution in [0.5, 0.6) is 0 Å². The van der Waals surface area contributed by atoms with E-state index in [1.807, 2.05) is 24.3 Å². The van der Waals surface area contributed by atoms with Crippen LogP contribution in [-0.2, 0) is 22.3 Å². The first-order chi connectivity index (χ1) is 11.9. The van der Waals surface area contributed by atoms with E-state index in [1.54, 1.807) is 30.1 Å². The number of imidazole rings is 1. The monoisotopic (exact) mass is 376 g/mol. The van der Waals surface area contributed by atoms with Gasteiger partial charge in [-0.1, -0.05) is 17.8 Å². The van der Waals surface area contributed by atoms with Gasteiger partial charge in [-0.3, -0.25) is 0 Å². The minimum Gasteiger partial charge on any atom is -0.328 e. The Morgan fingerprint density at radius 1 is 1.20 bits per heavy atom. The lowest BCUT2D eigenvalue weighted by atomic mass is 10.3. The molecule has 3 rings (SSSR count). The van der Waals surface area contributed by atoms with Crippen LogP contribution in [-0.4, -0.2) is 41.4 Å². The highest BCUT2D eigenvalue weighted by atomic mass is 32.2. The Kier molecular flexibility index (Phi) is 5.12. The molecule has 0 atom stereocenters. The molecule has 3 aromatic rings. The van der Waals surface area contributed by atoms with Crippen molar-refractivity contribution in [2.45, 2.75) is 29.1 Å². The minimum atomic E-state index is -3.47. The third kappa shape index (κ3) is 3.56. The molecule has 0 N–H and O–H groups in total. The van der Waals surface area contributed by atoms with E-state index < -0.39 is 10.0 Å². The molecule has 6 nitrogen and oxygen atoms in total. The minimum absolute atomic E-state index is 0.259. The van der Waals surface area contributed by atoms with Gasteiger partial charge in [0.25, 0.3) is 0 Å². The van der Waals surface area contributed by atoms with Crippen LogP contribution in [0.2, 0.25) is 0 Å². The Hall–Kier alpha value is -1.90. The van der Waals surface area contributed by atoms with Crippen molar-refractivity contribution >= 4 is 32.8 Å². The number of fused-ring (bicyclic) bond motifs is 1. The average Bonchev–Trinajstić information content (AvgIpc) is 2.97. The predicted octanol–water partition coefficient (Wildman–Crippen LogP) is 2.99. The normalized spacial score (nSPS) is 12.2. The van der Waals surface area contributed by atoms with Crippen LogP contribution in [0.25, 0.3) is 11.0 Å². The van der Waals surface area contributed by atoms with E-state index in [2.05, 4.69) is 21.5 Å². The van der Waals surface area contributed by atoms with Crippen molar-refractivity contribution in [1.82, 2.24) is 18.8 Å². The fourth-order valence-corrected chi connectivity index (χ4v) is 4.29. The molecule has 0 bridgehead atoms. The molecular weight excluding hydrogens is 356 g/mol. The molecule has 0 aliphatic carbocycles. The van der Waals surface area contributed by atoms with E-state index in [9.17, 15) is 8.42 Å². The number of nitrogens with zero attached hydrogens (tertiary/aromatic N) is 4. The zero-order valence-electron chi connectivity index (χ0n) is 14.4. The Morgan fingerprint density at radius 2 is 2.00 bits per heavy atom. The highest BCUT2D eigenvalue weighted by Crippen LogP contribution is 2.26. The second kappa shape index (κ2) is 7.15. The maximum absolute atomic E-state index is 12.3. The van der Waals surface area contributed by atoms with Gasteiger partial charge in [0.2, 0.25) is 10.0 Å².